The lowest BCUT2D eigenvalue weighted by atomic mass is 10.2. The van der Waals surface area contributed by atoms with E-state index < -0.39 is 0 Å². The first kappa shape index (κ1) is 21.2. The van der Waals surface area contributed by atoms with Crippen LogP contribution in [0, 0.1) is 5.82 Å². The van der Waals surface area contributed by atoms with Gasteiger partial charge in [-0.3, -0.25) is 9.69 Å². The second-order valence-corrected chi connectivity index (χ2v) is 8.16. The van der Waals surface area contributed by atoms with E-state index in [1.165, 1.54) is 24.3 Å². The van der Waals surface area contributed by atoms with Gasteiger partial charge >= 0.3 is 0 Å². The number of aromatic nitrogens is 2. The number of carbonyl (C=O) groups excluding carboxylic acids is 1. The molecule has 33 heavy (non-hydrogen) atoms. The average Bonchev–Trinajstić information content (AvgIpc) is 3.25. The van der Waals surface area contributed by atoms with Crippen LogP contribution in [0.5, 0.6) is 0 Å². The zero-order chi connectivity index (χ0) is 22.6. The number of nitrogens with zero attached hydrogens (tertiary/aromatic N) is 4. The lowest BCUT2D eigenvalue weighted by Crippen LogP contribution is -2.52. The van der Waals surface area contributed by atoms with Gasteiger partial charge in [-0.15, -0.1) is 0 Å². The maximum Gasteiger partial charge on any atom is 0.251 e. The Morgan fingerprint density at radius 2 is 1.58 bits per heavy atom. The average molecular weight is 444 g/mol. The van der Waals surface area contributed by atoms with Gasteiger partial charge in [0.2, 0.25) is 0 Å². The van der Waals surface area contributed by atoms with E-state index in [2.05, 4.69) is 50.2 Å². The fraction of sp³-hybridized carbons (Fsp3) is 0.231. The summed E-state index contributed by atoms with van der Waals surface area (Å²) in [6, 6.07) is 24.1. The smallest absolute Gasteiger partial charge is 0.251 e. The Morgan fingerprint density at radius 1 is 0.879 bits per heavy atom. The third kappa shape index (κ3) is 4.59. The fourth-order valence-electron chi connectivity index (χ4n) is 4.27. The summed E-state index contributed by atoms with van der Waals surface area (Å²) in [5.74, 6) is 0.438. The Bertz CT molecular complexity index is 1230. The van der Waals surface area contributed by atoms with Gasteiger partial charge in [-0.2, -0.15) is 0 Å². The highest BCUT2D eigenvalue weighted by atomic mass is 19.1. The first-order valence-corrected chi connectivity index (χ1v) is 11.2. The van der Waals surface area contributed by atoms with Crippen LogP contribution in [0.1, 0.15) is 10.4 Å². The highest BCUT2D eigenvalue weighted by Crippen LogP contribution is 2.25. The number of amides is 1. The lowest BCUT2D eigenvalue weighted by molar-refractivity contribution is 0.0947. The number of fused-ring (bicyclic) bond motifs is 1. The zero-order valence-electron chi connectivity index (χ0n) is 18.3. The van der Waals surface area contributed by atoms with E-state index in [9.17, 15) is 9.18 Å². The number of halogens is 1. The van der Waals surface area contributed by atoms with Gasteiger partial charge in [0.1, 0.15) is 5.82 Å². The van der Waals surface area contributed by atoms with Crippen LogP contribution in [-0.4, -0.2) is 59.7 Å². The number of nitrogens with one attached hydrogen (secondary N) is 1. The fourth-order valence-corrected chi connectivity index (χ4v) is 4.27. The van der Waals surface area contributed by atoms with Gasteiger partial charge in [-0.05, 0) is 36.4 Å². The van der Waals surface area contributed by atoms with E-state index >= 15 is 0 Å². The number of carbonyl (C=O) groups is 1. The number of hydrogen-bond donors (Lipinski definition) is 1. The van der Waals surface area contributed by atoms with E-state index in [-0.39, 0.29) is 11.7 Å². The quantitative estimate of drug-likeness (QED) is 0.496. The summed E-state index contributed by atoms with van der Waals surface area (Å²) in [5.41, 5.74) is 3.67. The van der Waals surface area contributed by atoms with Crippen molar-refractivity contribution in [1.29, 1.82) is 0 Å². The van der Waals surface area contributed by atoms with Crippen LogP contribution in [0.4, 0.5) is 4.39 Å². The molecule has 1 saturated heterocycles. The monoisotopic (exact) mass is 443 g/mol. The van der Waals surface area contributed by atoms with Crippen LogP contribution in [0.2, 0.25) is 0 Å². The predicted octanol–water partition coefficient (Wildman–Crippen LogP) is 3.53. The summed E-state index contributed by atoms with van der Waals surface area (Å²) in [6.07, 6.45) is 0. The molecule has 0 atom stereocenters. The van der Waals surface area contributed by atoms with E-state index in [1.54, 1.807) is 0 Å². The second kappa shape index (κ2) is 9.42. The summed E-state index contributed by atoms with van der Waals surface area (Å²) in [4.78, 5) is 19.5. The highest BCUT2D eigenvalue weighted by molar-refractivity contribution is 5.94. The van der Waals surface area contributed by atoms with Gasteiger partial charge < -0.3 is 10.3 Å². The molecule has 1 aliphatic heterocycles. The maximum absolute atomic E-state index is 13.0. The SMILES string of the molecule is O=C(NCCN1CCN(n2c(-c3ccccc3)nc3ccccc32)CC1)c1ccc(F)cc1. The Labute approximate surface area is 192 Å². The van der Waals surface area contributed by atoms with Gasteiger partial charge in [-0.25, -0.2) is 14.1 Å². The van der Waals surface area contributed by atoms with Crippen LogP contribution in [0.15, 0.2) is 78.9 Å². The Kier molecular flexibility index (Phi) is 6.04. The molecule has 1 amide bonds. The second-order valence-electron chi connectivity index (χ2n) is 8.16. The first-order chi connectivity index (χ1) is 16.2. The minimum Gasteiger partial charge on any atom is -0.351 e. The van der Waals surface area contributed by atoms with Crippen molar-refractivity contribution in [2.45, 2.75) is 0 Å². The molecule has 1 fully saturated rings. The predicted molar refractivity (Wildman–Crippen MR) is 128 cm³/mol. The van der Waals surface area contributed by atoms with E-state index in [0.29, 0.717) is 12.1 Å². The normalized spacial score (nSPS) is 14.5. The molecule has 0 spiro atoms. The lowest BCUT2D eigenvalue weighted by Gasteiger charge is -2.37. The third-order valence-electron chi connectivity index (χ3n) is 6.02. The van der Waals surface area contributed by atoms with Crippen molar-refractivity contribution >= 4 is 16.9 Å². The number of rotatable bonds is 6. The van der Waals surface area contributed by atoms with Crippen LogP contribution in [-0.2, 0) is 0 Å². The molecule has 5 rings (SSSR count). The Balaban J connectivity index is 1.22. The number of piperazine rings is 1. The van der Waals surface area contributed by atoms with E-state index in [0.717, 1.165) is 55.1 Å². The molecule has 1 aliphatic rings. The largest absolute Gasteiger partial charge is 0.351 e. The third-order valence-corrected chi connectivity index (χ3v) is 6.02. The van der Waals surface area contributed by atoms with Crippen molar-refractivity contribution in [3.05, 3.63) is 90.2 Å². The highest BCUT2D eigenvalue weighted by Gasteiger charge is 2.22. The molecular weight excluding hydrogens is 417 g/mol. The molecule has 1 N–H and O–H groups in total. The van der Waals surface area contributed by atoms with Gasteiger partial charge in [0.15, 0.2) is 5.82 Å². The summed E-state index contributed by atoms with van der Waals surface area (Å²) in [6.45, 7) is 4.86. The minimum absolute atomic E-state index is 0.175. The molecule has 0 aliphatic carbocycles. The molecule has 0 radical (unpaired) electrons. The van der Waals surface area contributed by atoms with E-state index in [1.807, 2.05) is 24.3 Å². The van der Waals surface area contributed by atoms with Gasteiger partial charge in [0.05, 0.1) is 11.0 Å². The Morgan fingerprint density at radius 3 is 2.33 bits per heavy atom. The molecular formula is C26H26FN5O. The summed E-state index contributed by atoms with van der Waals surface area (Å²) in [5, 5.41) is 5.28. The van der Waals surface area contributed by atoms with Crippen molar-refractivity contribution in [2.24, 2.45) is 0 Å². The van der Waals surface area contributed by atoms with Crippen LogP contribution in [0.3, 0.4) is 0 Å². The molecule has 1 aromatic heterocycles. The molecule has 0 saturated carbocycles. The molecule has 4 aromatic rings. The Hall–Kier alpha value is -3.71. The number of hydrogen-bond acceptors (Lipinski definition) is 4. The van der Waals surface area contributed by atoms with Crippen LogP contribution in [0.25, 0.3) is 22.4 Å². The van der Waals surface area contributed by atoms with Crippen molar-refractivity contribution in [3.8, 4) is 11.4 Å². The van der Waals surface area contributed by atoms with E-state index in [4.69, 9.17) is 4.98 Å². The minimum atomic E-state index is -0.342. The molecule has 3 aromatic carbocycles. The van der Waals surface area contributed by atoms with Crippen molar-refractivity contribution in [3.63, 3.8) is 0 Å². The number of benzene rings is 3. The standard InChI is InChI=1S/C26H26FN5O/c27-22-12-10-21(11-13-22)26(33)28-14-15-30-16-18-31(19-17-30)32-24-9-5-4-8-23(24)29-25(32)20-6-2-1-3-7-20/h1-13H,14-19H2,(H,28,33). The zero-order valence-corrected chi connectivity index (χ0v) is 18.3. The first-order valence-electron chi connectivity index (χ1n) is 11.2. The maximum atomic E-state index is 13.0. The molecule has 168 valence electrons. The summed E-state index contributed by atoms with van der Waals surface area (Å²) >= 11 is 0. The van der Waals surface area contributed by atoms with Gasteiger partial charge in [0.25, 0.3) is 5.91 Å². The van der Waals surface area contributed by atoms with Crippen molar-refractivity contribution in [2.75, 3.05) is 44.3 Å². The topological polar surface area (TPSA) is 53.4 Å². The summed E-state index contributed by atoms with van der Waals surface area (Å²) < 4.78 is 15.3. The van der Waals surface area contributed by atoms with Crippen LogP contribution >= 0.6 is 0 Å². The molecule has 0 unspecified atom stereocenters. The molecule has 6 nitrogen and oxygen atoms in total. The van der Waals surface area contributed by atoms with Crippen LogP contribution < -0.4 is 10.3 Å². The number of para-hydroxylation sites is 2. The molecule has 7 heteroatoms. The number of imidazole rings is 1. The van der Waals surface area contributed by atoms with Gasteiger partial charge in [-0.1, -0.05) is 42.5 Å². The van der Waals surface area contributed by atoms with Crippen molar-refractivity contribution < 1.29 is 9.18 Å². The van der Waals surface area contributed by atoms with Gasteiger partial charge in [0, 0.05) is 50.4 Å². The van der Waals surface area contributed by atoms with Crippen molar-refractivity contribution in [1.82, 2.24) is 19.9 Å². The molecule has 0 bridgehead atoms. The molecule has 2 heterocycles. The summed E-state index contributed by atoms with van der Waals surface area (Å²) in [7, 11) is 0.